The van der Waals surface area contributed by atoms with Crippen LogP contribution in [0.3, 0.4) is 0 Å². The summed E-state index contributed by atoms with van der Waals surface area (Å²) in [4.78, 5) is 54.3. The smallest absolute Gasteiger partial charge is 0.264 e. The van der Waals surface area contributed by atoms with Crippen LogP contribution in [0.25, 0.3) is 11.3 Å². The molecule has 4 aliphatic rings. The second-order valence-corrected chi connectivity index (χ2v) is 18.3. The first kappa shape index (κ1) is 39.7. The lowest BCUT2D eigenvalue weighted by atomic mass is 9.73. The molecule has 1 unspecified atom stereocenters. The van der Waals surface area contributed by atoms with Crippen molar-refractivity contribution in [3.05, 3.63) is 154 Å². The molecule has 1 spiro atoms. The van der Waals surface area contributed by atoms with Gasteiger partial charge in [0.05, 0.1) is 23.9 Å². The molecule has 62 heavy (non-hydrogen) atoms. The van der Waals surface area contributed by atoms with Crippen molar-refractivity contribution in [2.45, 2.75) is 52.2 Å². The van der Waals surface area contributed by atoms with Crippen LogP contribution in [0.5, 0.6) is 0 Å². The number of carbonyl (C=O) groups is 3. The largest absolute Gasteiger partial charge is 0.370 e. The van der Waals surface area contributed by atoms with Crippen molar-refractivity contribution in [1.29, 1.82) is 0 Å². The lowest BCUT2D eigenvalue weighted by molar-refractivity contribution is -0.131. The van der Waals surface area contributed by atoms with Gasteiger partial charge in [0.2, 0.25) is 5.91 Å². The van der Waals surface area contributed by atoms with E-state index in [-0.39, 0.29) is 23.8 Å². The van der Waals surface area contributed by atoms with Crippen LogP contribution in [-0.2, 0) is 51.2 Å². The Morgan fingerprint density at radius 1 is 0.774 bits per heavy atom. The number of hydrogen-bond donors (Lipinski definition) is 0. The van der Waals surface area contributed by atoms with Crippen LogP contribution in [-0.4, -0.2) is 92.6 Å². The van der Waals surface area contributed by atoms with Crippen LogP contribution in [0, 0.1) is 12.3 Å². The standard InChI is InChI=1S/C51H54N8O3/c1-34-20-37-13-9-10-14-39(37)28-58(34)49(61)46-24-40-27-56(48(60)22-36-12-11-17-42(21-36)57-32-51(33-57)30-53(3)31-51)19-18-38(40)23-45(46)47-25-44(35(2)55(47)5)50(62)59(41-15-7-6-8-16-41)43-26-52-54(4)29-43/h6-17,21,23-26,29,34H,18-20,22,27-28,30-33H2,1-5H3. The maximum atomic E-state index is 15.1. The van der Waals surface area contributed by atoms with E-state index in [1.165, 1.54) is 11.3 Å². The van der Waals surface area contributed by atoms with Crippen LogP contribution in [0.1, 0.15) is 61.2 Å². The maximum Gasteiger partial charge on any atom is 0.264 e. The number of benzene rings is 4. The second-order valence-electron chi connectivity index (χ2n) is 18.3. The first-order valence-corrected chi connectivity index (χ1v) is 21.8. The van der Waals surface area contributed by atoms with Crippen molar-refractivity contribution in [3.63, 3.8) is 0 Å². The number of hydrogen-bond acceptors (Lipinski definition) is 6. The Hall–Kier alpha value is -6.46. The number of likely N-dealkylation sites (tertiary alicyclic amines) is 1. The van der Waals surface area contributed by atoms with E-state index in [1.54, 1.807) is 15.8 Å². The molecule has 6 heterocycles. The Balaban J connectivity index is 0.974. The molecule has 10 rings (SSSR count). The van der Waals surface area contributed by atoms with E-state index in [2.05, 4.69) is 77.4 Å². The Morgan fingerprint density at radius 2 is 1.53 bits per heavy atom. The van der Waals surface area contributed by atoms with Crippen LogP contribution >= 0.6 is 0 Å². The fourth-order valence-electron chi connectivity index (χ4n) is 10.5. The second kappa shape index (κ2) is 15.5. The SMILES string of the molecule is Cc1c(C(=O)N(c2ccccc2)c2cnn(C)c2)cc(-c2cc3c(cc2C(=O)N2Cc4ccccc4CC2C)CN(C(=O)Cc2cccc(N4CC5(CN(C)C5)C4)c2)CC3)n1C. The molecule has 0 saturated carbocycles. The number of aromatic nitrogens is 3. The van der Waals surface area contributed by atoms with E-state index in [1.807, 2.05) is 90.1 Å². The van der Waals surface area contributed by atoms with Crippen molar-refractivity contribution in [2.75, 3.05) is 49.6 Å². The molecule has 2 aromatic heterocycles. The number of fused-ring (bicyclic) bond motifs is 2. The number of nitrogens with zero attached hydrogens (tertiary/aromatic N) is 8. The highest BCUT2D eigenvalue weighted by atomic mass is 16.2. The highest BCUT2D eigenvalue weighted by Gasteiger charge is 2.50. The van der Waals surface area contributed by atoms with E-state index in [4.69, 9.17) is 0 Å². The zero-order valence-electron chi connectivity index (χ0n) is 36.3. The molecule has 0 aliphatic carbocycles. The van der Waals surface area contributed by atoms with E-state index in [9.17, 15) is 9.59 Å². The van der Waals surface area contributed by atoms with E-state index < -0.39 is 0 Å². The van der Waals surface area contributed by atoms with Crippen LogP contribution in [0.4, 0.5) is 17.1 Å². The summed E-state index contributed by atoms with van der Waals surface area (Å²) in [5.74, 6) is -0.153. The Morgan fingerprint density at radius 3 is 2.27 bits per heavy atom. The Kier molecular flexibility index (Phi) is 9.89. The van der Waals surface area contributed by atoms with Crippen molar-refractivity contribution >= 4 is 34.8 Å². The third kappa shape index (κ3) is 7.07. The molecule has 3 amide bonds. The highest BCUT2D eigenvalue weighted by Crippen LogP contribution is 2.42. The van der Waals surface area contributed by atoms with Gasteiger partial charge in [-0.25, -0.2) is 0 Å². The lowest BCUT2D eigenvalue weighted by Crippen LogP contribution is -2.71. The molecule has 0 N–H and O–H groups in total. The third-order valence-electron chi connectivity index (χ3n) is 13.8. The minimum absolute atomic E-state index is 0.0156. The quantitative estimate of drug-likeness (QED) is 0.162. The minimum atomic E-state index is -0.185. The number of rotatable bonds is 8. The first-order valence-electron chi connectivity index (χ1n) is 21.8. The Labute approximate surface area is 363 Å². The molecule has 6 aromatic rings. The Bertz CT molecular complexity index is 2720. The molecule has 0 radical (unpaired) electrons. The van der Waals surface area contributed by atoms with Gasteiger partial charge in [-0.1, -0.05) is 54.6 Å². The summed E-state index contributed by atoms with van der Waals surface area (Å²) in [6.07, 6.45) is 5.30. The van der Waals surface area contributed by atoms with Gasteiger partial charge in [-0.05, 0) is 104 Å². The van der Waals surface area contributed by atoms with Gasteiger partial charge in [-0.2, -0.15) is 5.10 Å². The summed E-state index contributed by atoms with van der Waals surface area (Å²) in [6, 6.07) is 32.6. The van der Waals surface area contributed by atoms with Crippen LogP contribution < -0.4 is 9.80 Å². The third-order valence-corrected chi connectivity index (χ3v) is 13.8. The van der Waals surface area contributed by atoms with E-state index in [0.717, 1.165) is 77.5 Å². The summed E-state index contributed by atoms with van der Waals surface area (Å²) in [7, 11) is 5.98. The summed E-state index contributed by atoms with van der Waals surface area (Å²) < 4.78 is 3.72. The zero-order valence-corrected chi connectivity index (χ0v) is 36.3. The van der Waals surface area contributed by atoms with E-state index in [0.29, 0.717) is 54.7 Å². The van der Waals surface area contributed by atoms with Gasteiger partial charge in [-0.3, -0.25) is 24.0 Å². The van der Waals surface area contributed by atoms with Gasteiger partial charge in [0, 0.05) is 111 Å². The predicted octanol–water partition coefficient (Wildman–Crippen LogP) is 7.18. The molecule has 11 nitrogen and oxygen atoms in total. The molecule has 2 fully saturated rings. The van der Waals surface area contributed by atoms with E-state index >= 15 is 4.79 Å². The number of aryl methyl sites for hydroxylation is 1. The number of para-hydroxylation sites is 1. The summed E-state index contributed by atoms with van der Waals surface area (Å²) in [5, 5.41) is 4.38. The molecule has 0 bridgehead atoms. The number of anilines is 3. The summed E-state index contributed by atoms with van der Waals surface area (Å²) >= 11 is 0. The zero-order chi connectivity index (χ0) is 42.9. The topological polar surface area (TPSA) is 90.2 Å². The van der Waals surface area contributed by atoms with Crippen LogP contribution in [0.15, 0.2) is 109 Å². The average Bonchev–Trinajstić information content (AvgIpc) is 3.81. The predicted molar refractivity (Wildman–Crippen MR) is 243 cm³/mol. The van der Waals surface area contributed by atoms with Gasteiger partial charge in [0.25, 0.3) is 11.8 Å². The fourth-order valence-corrected chi connectivity index (χ4v) is 10.5. The van der Waals surface area contributed by atoms with Gasteiger partial charge in [0.1, 0.15) is 0 Å². The van der Waals surface area contributed by atoms with Gasteiger partial charge in [-0.15, -0.1) is 0 Å². The monoisotopic (exact) mass is 826 g/mol. The van der Waals surface area contributed by atoms with Crippen molar-refractivity contribution in [2.24, 2.45) is 19.5 Å². The summed E-state index contributed by atoms with van der Waals surface area (Å²) in [6.45, 7) is 10.1. The van der Waals surface area contributed by atoms with Crippen molar-refractivity contribution in [3.8, 4) is 11.3 Å². The normalized spacial score (nSPS) is 17.9. The van der Waals surface area contributed by atoms with Crippen molar-refractivity contribution in [1.82, 2.24) is 29.0 Å². The number of carbonyl (C=O) groups excluding carboxylic acids is 3. The minimum Gasteiger partial charge on any atom is -0.370 e. The maximum absolute atomic E-state index is 15.1. The number of amides is 3. The molecule has 1 atom stereocenters. The van der Waals surface area contributed by atoms with Gasteiger partial charge < -0.3 is 24.2 Å². The van der Waals surface area contributed by atoms with Gasteiger partial charge in [0.15, 0.2) is 0 Å². The summed E-state index contributed by atoms with van der Waals surface area (Å²) in [5.41, 5.74) is 12.0. The van der Waals surface area contributed by atoms with Crippen LogP contribution in [0.2, 0.25) is 0 Å². The molecule has 4 aliphatic heterocycles. The van der Waals surface area contributed by atoms with Crippen molar-refractivity contribution < 1.29 is 14.4 Å². The molecule has 4 aromatic carbocycles. The fraction of sp³-hybridized carbons (Fsp3) is 0.333. The first-order chi connectivity index (χ1) is 29.9. The molecule has 316 valence electrons. The highest BCUT2D eigenvalue weighted by molar-refractivity contribution is 6.12. The molecular formula is C51H54N8O3. The molecule has 2 saturated heterocycles. The average molecular weight is 827 g/mol. The van der Waals surface area contributed by atoms with Gasteiger partial charge >= 0.3 is 0 Å². The lowest BCUT2D eigenvalue weighted by Gasteiger charge is -2.60. The molecular weight excluding hydrogens is 773 g/mol. The molecule has 11 heteroatoms.